The fraction of sp³-hybridized carbons (Fsp3) is 0.300. The number of rotatable bonds is 7. The van der Waals surface area contributed by atoms with Crippen molar-refractivity contribution in [3.8, 4) is 11.5 Å². The molecule has 3 rings (SSSR count). The van der Waals surface area contributed by atoms with E-state index in [1.165, 1.54) is 38.1 Å². The van der Waals surface area contributed by atoms with Crippen LogP contribution in [0.3, 0.4) is 0 Å². The molecular weight excluding hydrogens is 410 g/mol. The Morgan fingerprint density at radius 3 is 2.33 bits per heavy atom. The number of fused-ring (bicyclic) bond motifs is 1. The first kappa shape index (κ1) is 21.6. The number of sulfonamides is 1. The summed E-state index contributed by atoms with van der Waals surface area (Å²) in [6, 6.07) is 9.64. The largest absolute Gasteiger partial charge is 0.454 e. The molecule has 2 aromatic carbocycles. The highest BCUT2D eigenvalue weighted by Gasteiger charge is 2.24. The second-order valence-electron chi connectivity index (χ2n) is 6.89. The third-order valence-electron chi connectivity index (χ3n) is 4.47. The lowest BCUT2D eigenvalue weighted by atomic mass is 10.1. The molecule has 1 aliphatic heterocycles. The highest BCUT2D eigenvalue weighted by atomic mass is 32.2. The molecule has 0 saturated heterocycles. The van der Waals surface area contributed by atoms with Gasteiger partial charge in [-0.3, -0.25) is 9.59 Å². The van der Waals surface area contributed by atoms with Crippen molar-refractivity contribution in [3.63, 3.8) is 0 Å². The maximum absolute atomic E-state index is 12.6. The van der Waals surface area contributed by atoms with Crippen LogP contribution >= 0.6 is 0 Å². The Morgan fingerprint density at radius 1 is 1.00 bits per heavy atom. The van der Waals surface area contributed by atoms with Crippen LogP contribution in [0.15, 0.2) is 47.4 Å². The lowest BCUT2D eigenvalue weighted by Crippen LogP contribution is -2.45. The minimum atomic E-state index is -3.92. The van der Waals surface area contributed by atoms with E-state index in [2.05, 4.69) is 15.4 Å². The molecule has 2 unspecified atom stereocenters. The van der Waals surface area contributed by atoms with Crippen LogP contribution in [0.2, 0.25) is 0 Å². The predicted octanol–water partition coefficient (Wildman–Crippen LogP) is 1.92. The topological polar surface area (TPSA) is 123 Å². The molecule has 10 heteroatoms. The maximum atomic E-state index is 12.6. The summed E-state index contributed by atoms with van der Waals surface area (Å²) >= 11 is 0. The first-order valence-corrected chi connectivity index (χ1v) is 10.7. The van der Waals surface area contributed by atoms with E-state index < -0.39 is 22.0 Å². The van der Waals surface area contributed by atoms with Gasteiger partial charge < -0.3 is 20.1 Å². The van der Waals surface area contributed by atoms with Gasteiger partial charge in [0.05, 0.1) is 17.0 Å². The van der Waals surface area contributed by atoms with Crippen molar-refractivity contribution in [2.24, 2.45) is 0 Å². The quantitative estimate of drug-likeness (QED) is 0.613. The first-order valence-electron chi connectivity index (χ1n) is 9.25. The molecule has 0 aliphatic carbocycles. The van der Waals surface area contributed by atoms with Gasteiger partial charge in [0.15, 0.2) is 11.5 Å². The Morgan fingerprint density at radius 2 is 1.67 bits per heavy atom. The van der Waals surface area contributed by atoms with E-state index in [0.29, 0.717) is 17.2 Å². The minimum absolute atomic E-state index is 0.0138. The molecule has 0 fully saturated rings. The van der Waals surface area contributed by atoms with Gasteiger partial charge in [0.2, 0.25) is 28.6 Å². The van der Waals surface area contributed by atoms with E-state index >= 15 is 0 Å². The molecule has 160 valence electrons. The van der Waals surface area contributed by atoms with E-state index in [4.69, 9.17) is 9.47 Å². The second kappa shape index (κ2) is 8.72. The third kappa shape index (κ3) is 5.08. The van der Waals surface area contributed by atoms with E-state index in [-0.39, 0.29) is 23.6 Å². The maximum Gasteiger partial charge on any atom is 0.241 e. The van der Waals surface area contributed by atoms with Crippen molar-refractivity contribution in [1.29, 1.82) is 0 Å². The van der Waals surface area contributed by atoms with Crippen molar-refractivity contribution >= 4 is 27.5 Å². The van der Waals surface area contributed by atoms with Gasteiger partial charge in [-0.05, 0) is 55.8 Å². The number of ether oxygens (including phenoxy) is 2. The molecule has 1 heterocycles. The first-order chi connectivity index (χ1) is 14.2. The summed E-state index contributed by atoms with van der Waals surface area (Å²) in [5, 5.41) is 5.34. The number of carbonyl (C=O) groups excluding carboxylic acids is 2. The molecule has 2 aromatic rings. The molecule has 0 radical (unpaired) electrons. The molecule has 1 aliphatic rings. The molecule has 2 atom stereocenters. The lowest BCUT2D eigenvalue weighted by Gasteiger charge is -2.19. The molecule has 9 nitrogen and oxygen atoms in total. The van der Waals surface area contributed by atoms with Gasteiger partial charge in [-0.1, -0.05) is 6.07 Å². The number of amides is 2. The summed E-state index contributed by atoms with van der Waals surface area (Å²) in [5.41, 5.74) is 1.28. The van der Waals surface area contributed by atoms with Crippen LogP contribution in [0, 0.1) is 0 Å². The molecule has 30 heavy (non-hydrogen) atoms. The van der Waals surface area contributed by atoms with E-state index in [1.807, 2.05) is 6.07 Å². The van der Waals surface area contributed by atoms with Crippen molar-refractivity contribution in [2.45, 2.75) is 37.8 Å². The molecule has 0 spiro atoms. The van der Waals surface area contributed by atoms with Crippen LogP contribution in [-0.2, 0) is 19.6 Å². The van der Waals surface area contributed by atoms with Crippen LogP contribution in [-0.4, -0.2) is 33.1 Å². The summed E-state index contributed by atoms with van der Waals surface area (Å²) in [7, 11) is -3.92. The summed E-state index contributed by atoms with van der Waals surface area (Å²) in [4.78, 5) is 23.6. The SMILES string of the molecule is CC(=O)Nc1ccc(S(=O)(=O)NC(C)C(=O)NC(C)c2ccc3c(c2)OCO3)cc1. The van der Waals surface area contributed by atoms with Gasteiger partial charge in [0.25, 0.3) is 0 Å². The number of carbonyl (C=O) groups is 2. The Labute approximate surface area is 174 Å². The van der Waals surface area contributed by atoms with E-state index in [1.54, 1.807) is 19.1 Å². The highest BCUT2D eigenvalue weighted by molar-refractivity contribution is 7.89. The number of nitrogens with one attached hydrogen (secondary N) is 3. The van der Waals surface area contributed by atoms with E-state index in [9.17, 15) is 18.0 Å². The van der Waals surface area contributed by atoms with Crippen LogP contribution in [0.25, 0.3) is 0 Å². The zero-order valence-corrected chi connectivity index (χ0v) is 17.6. The van der Waals surface area contributed by atoms with Crippen molar-refractivity contribution < 1.29 is 27.5 Å². The Hall–Kier alpha value is -3.11. The zero-order chi connectivity index (χ0) is 21.9. The van der Waals surface area contributed by atoms with Crippen molar-refractivity contribution in [1.82, 2.24) is 10.0 Å². The Balaban J connectivity index is 1.62. The highest BCUT2D eigenvalue weighted by Crippen LogP contribution is 2.34. The molecule has 0 saturated carbocycles. The summed E-state index contributed by atoms with van der Waals surface area (Å²) in [6.45, 7) is 4.77. The van der Waals surface area contributed by atoms with E-state index in [0.717, 1.165) is 5.56 Å². The van der Waals surface area contributed by atoms with Gasteiger partial charge >= 0.3 is 0 Å². The zero-order valence-electron chi connectivity index (χ0n) is 16.8. The van der Waals surface area contributed by atoms with Gasteiger partial charge in [0.1, 0.15) is 0 Å². The lowest BCUT2D eigenvalue weighted by molar-refractivity contribution is -0.123. The van der Waals surface area contributed by atoms with Crippen LogP contribution in [0.5, 0.6) is 11.5 Å². The number of benzene rings is 2. The Bertz CT molecular complexity index is 1050. The van der Waals surface area contributed by atoms with Gasteiger partial charge in [-0.25, -0.2) is 8.42 Å². The standard InChI is InChI=1S/C20H23N3O6S/c1-12(15-4-9-18-19(10-15)29-11-28-18)21-20(25)13(2)23-30(26,27)17-7-5-16(6-8-17)22-14(3)24/h4-10,12-13,23H,11H2,1-3H3,(H,21,25)(H,22,24). The van der Waals surface area contributed by atoms with Crippen LogP contribution < -0.4 is 24.8 Å². The van der Waals surface area contributed by atoms with Gasteiger partial charge in [-0.15, -0.1) is 0 Å². The summed E-state index contributed by atoms with van der Waals surface area (Å²) < 4.78 is 38.1. The number of hydrogen-bond donors (Lipinski definition) is 3. The van der Waals surface area contributed by atoms with Crippen molar-refractivity contribution in [2.75, 3.05) is 12.1 Å². The molecule has 3 N–H and O–H groups in total. The van der Waals surface area contributed by atoms with Gasteiger partial charge in [-0.2, -0.15) is 4.72 Å². The normalized spacial score (nSPS) is 14.6. The number of hydrogen-bond acceptors (Lipinski definition) is 6. The fourth-order valence-corrected chi connectivity index (χ4v) is 4.08. The second-order valence-corrected chi connectivity index (χ2v) is 8.61. The molecular formula is C20H23N3O6S. The fourth-order valence-electron chi connectivity index (χ4n) is 2.88. The van der Waals surface area contributed by atoms with Crippen molar-refractivity contribution in [3.05, 3.63) is 48.0 Å². The molecule has 0 bridgehead atoms. The summed E-state index contributed by atoms with van der Waals surface area (Å²) in [5.74, 6) is 0.511. The van der Waals surface area contributed by atoms with Crippen LogP contribution in [0.1, 0.15) is 32.4 Å². The Kier molecular flexibility index (Phi) is 6.28. The predicted molar refractivity (Wildman–Crippen MR) is 110 cm³/mol. The average molecular weight is 433 g/mol. The monoisotopic (exact) mass is 433 g/mol. The average Bonchev–Trinajstić information content (AvgIpc) is 3.15. The van der Waals surface area contributed by atoms with Crippen LogP contribution in [0.4, 0.5) is 5.69 Å². The minimum Gasteiger partial charge on any atom is -0.454 e. The molecule has 2 amide bonds. The third-order valence-corrected chi connectivity index (χ3v) is 6.02. The van der Waals surface area contributed by atoms with Gasteiger partial charge in [0, 0.05) is 12.6 Å². The number of anilines is 1. The molecule has 0 aromatic heterocycles. The smallest absolute Gasteiger partial charge is 0.241 e. The summed E-state index contributed by atoms with van der Waals surface area (Å²) in [6.07, 6.45) is 0.